The Kier molecular flexibility index (Phi) is 3.68. The smallest absolute Gasteiger partial charge is 0.257 e. The van der Waals surface area contributed by atoms with E-state index in [2.05, 4.69) is 21.2 Å². The average molecular weight is 320 g/mol. The maximum absolute atomic E-state index is 13.6. The molecule has 18 heavy (non-hydrogen) atoms. The molecule has 0 aliphatic carbocycles. The molecule has 1 amide bonds. The highest BCUT2D eigenvalue weighted by atomic mass is 79.9. The molecule has 1 fully saturated rings. The molecule has 1 aliphatic heterocycles. The lowest BCUT2D eigenvalue weighted by Gasteiger charge is -2.23. The second kappa shape index (κ2) is 4.93. The molecule has 1 saturated heterocycles. The molecule has 2 rings (SSSR count). The Bertz CT molecular complexity index is 464. The number of carbonyl (C=O) groups excluding carboxylic acids is 1. The van der Waals surface area contributed by atoms with E-state index in [9.17, 15) is 13.6 Å². The van der Waals surface area contributed by atoms with Gasteiger partial charge in [-0.2, -0.15) is 0 Å². The molecule has 0 aromatic heterocycles. The van der Waals surface area contributed by atoms with Crippen LogP contribution in [0.3, 0.4) is 0 Å². The van der Waals surface area contributed by atoms with Gasteiger partial charge in [0.05, 0.1) is 12.1 Å². The highest BCUT2D eigenvalue weighted by molar-refractivity contribution is 9.10. The minimum atomic E-state index is -0.887. The third-order valence-corrected chi connectivity index (χ3v) is 3.33. The predicted molar refractivity (Wildman–Crippen MR) is 65.4 cm³/mol. The Hall–Kier alpha value is -1.01. The third kappa shape index (κ3) is 2.70. The Balaban J connectivity index is 2.24. The van der Waals surface area contributed by atoms with E-state index < -0.39 is 28.6 Å². The average Bonchev–Trinajstić information content (AvgIpc) is 2.62. The minimum Gasteiger partial charge on any atom is -0.379 e. The largest absolute Gasteiger partial charge is 0.379 e. The first kappa shape index (κ1) is 13.4. The van der Waals surface area contributed by atoms with Gasteiger partial charge >= 0.3 is 0 Å². The molecule has 3 nitrogen and oxygen atoms in total. The van der Waals surface area contributed by atoms with Crippen molar-refractivity contribution in [2.75, 3.05) is 13.2 Å². The summed E-state index contributed by atoms with van der Waals surface area (Å²) in [6.07, 6.45) is 0.624. The van der Waals surface area contributed by atoms with Crippen molar-refractivity contribution in [1.82, 2.24) is 5.32 Å². The minimum absolute atomic E-state index is 0.254. The zero-order chi connectivity index (χ0) is 13.3. The number of rotatable bonds is 2. The number of amides is 1. The van der Waals surface area contributed by atoms with Crippen LogP contribution in [0.25, 0.3) is 0 Å². The van der Waals surface area contributed by atoms with Crippen LogP contribution in [0.5, 0.6) is 0 Å². The fourth-order valence-electron chi connectivity index (χ4n) is 1.86. The summed E-state index contributed by atoms with van der Waals surface area (Å²) in [5, 5.41) is 2.61. The van der Waals surface area contributed by atoms with Gasteiger partial charge in [0, 0.05) is 11.1 Å². The van der Waals surface area contributed by atoms with Gasteiger partial charge in [0.1, 0.15) is 17.2 Å². The summed E-state index contributed by atoms with van der Waals surface area (Å²) in [7, 11) is 0. The normalized spacial score (nSPS) is 23.1. The quantitative estimate of drug-likeness (QED) is 0.910. The number of hydrogen-bond acceptors (Lipinski definition) is 2. The van der Waals surface area contributed by atoms with E-state index in [1.165, 1.54) is 0 Å². The first-order valence-electron chi connectivity index (χ1n) is 5.46. The van der Waals surface area contributed by atoms with Gasteiger partial charge in [-0.05, 0) is 25.5 Å². The van der Waals surface area contributed by atoms with Gasteiger partial charge in [0.15, 0.2) is 0 Å². The number of hydrogen-bond donors (Lipinski definition) is 1. The molecule has 1 atom stereocenters. The molecule has 0 bridgehead atoms. The number of benzene rings is 1. The van der Waals surface area contributed by atoms with Gasteiger partial charge in [0.25, 0.3) is 5.91 Å². The molecule has 1 aromatic rings. The highest BCUT2D eigenvalue weighted by Crippen LogP contribution is 2.22. The Labute approximate surface area is 112 Å². The van der Waals surface area contributed by atoms with Crippen LogP contribution in [-0.4, -0.2) is 24.7 Å². The lowest BCUT2D eigenvalue weighted by molar-refractivity contribution is 0.0881. The summed E-state index contributed by atoms with van der Waals surface area (Å²) < 4.78 is 32.6. The van der Waals surface area contributed by atoms with E-state index in [1.54, 1.807) is 6.92 Å². The van der Waals surface area contributed by atoms with Crippen molar-refractivity contribution < 1.29 is 18.3 Å². The van der Waals surface area contributed by atoms with Crippen molar-refractivity contribution in [2.45, 2.75) is 18.9 Å². The Morgan fingerprint density at radius 1 is 1.44 bits per heavy atom. The second-order valence-electron chi connectivity index (χ2n) is 4.56. The zero-order valence-electron chi connectivity index (χ0n) is 9.73. The van der Waals surface area contributed by atoms with Crippen LogP contribution in [0.4, 0.5) is 8.78 Å². The second-order valence-corrected chi connectivity index (χ2v) is 5.48. The molecule has 1 aromatic carbocycles. The lowest BCUT2D eigenvalue weighted by atomic mass is 10.0. The van der Waals surface area contributed by atoms with Crippen LogP contribution in [0, 0.1) is 11.6 Å². The molecule has 0 spiro atoms. The molecular weight excluding hydrogens is 308 g/mol. The summed E-state index contributed by atoms with van der Waals surface area (Å²) >= 11 is 2.96. The van der Waals surface area contributed by atoms with Crippen molar-refractivity contribution >= 4 is 21.8 Å². The van der Waals surface area contributed by atoms with E-state index in [1.807, 2.05) is 0 Å². The van der Waals surface area contributed by atoms with E-state index in [4.69, 9.17) is 4.74 Å². The topological polar surface area (TPSA) is 38.3 Å². The van der Waals surface area contributed by atoms with E-state index in [-0.39, 0.29) is 4.47 Å². The van der Waals surface area contributed by atoms with Crippen LogP contribution < -0.4 is 5.32 Å². The molecule has 98 valence electrons. The third-order valence-electron chi connectivity index (χ3n) is 2.87. The molecule has 1 aliphatic rings. The molecule has 1 N–H and O–H groups in total. The van der Waals surface area contributed by atoms with Gasteiger partial charge in [0.2, 0.25) is 0 Å². The monoisotopic (exact) mass is 319 g/mol. The van der Waals surface area contributed by atoms with Crippen molar-refractivity contribution in [2.24, 2.45) is 0 Å². The van der Waals surface area contributed by atoms with Gasteiger partial charge in [-0.25, -0.2) is 8.78 Å². The summed E-state index contributed by atoms with van der Waals surface area (Å²) in [4.78, 5) is 11.9. The predicted octanol–water partition coefficient (Wildman–Crippen LogP) is 2.64. The molecule has 1 heterocycles. The SMILES string of the molecule is CC1(NC(=O)c2c(F)cc(Br)cc2F)CCOC1. The van der Waals surface area contributed by atoms with Crippen LogP contribution >= 0.6 is 15.9 Å². The fraction of sp³-hybridized carbons (Fsp3) is 0.417. The van der Waals surface area contributed by atoms with Crippen LogP contribution in [0.15, 0.2) is 16.6 Å². The van der Waals surface area contributed by atoms with Gasteiger partial charge in [-0.1, -0.05) is 15.9 Å². The fourth-order valence-corrected chi connectivity index (χ4v) is 2.26. The van der Waals surface area contributed by atoms with E-state index in [0.717, 1.165) is 12.1 Å². The standard InChI is InChI=1S/C12H12BrF2NO2/c1-12(2-3-18-6-12)16-11(17)10-8(14)4-7(13)5-9(10)15/h4-5H,2-3,6H2,1H3,(H,16,17). The van der Waals surface area contributed by atoms with Crippen LogP contribution in [-0.2, 0) is 4.74 Å². The first-order valence-corrected chi connectivity index (χ1v) is 6.25. The number of halogens is 3. The van der Waals surface area contributed by atoms with Gasteiger partial charge in [-0.15, -0.1) is 0 Å². The molecular formula is C12H12BrF2NO2. The summed E-state index contributed by atoms with van der Waals surface area (Å²) in [5.41, 5.74) is -1.13. The summed E-state index contributed by atoms with van der Waals surface area (Å²) in [5.74, 6) is -2.53. The van der Waals surface area contributed by atoms with Gasteiger partial charge < -0.3 is 10.1 Å². The zero-order valence-corrected chi connectivity index (χ0v) is 11.3. The number of ether oxygens (including phenoxy) is 1. The first-order chi connectivity index (χ1) is 8.41. The van der Waals surface area contributed by atoms with Crippen molar-refractivity contribution in [3.8, 4) is 0 Å². The van der Waals surface area contributed by atoms with Crippen molar-refractivity contribution in [3.63, 3.8) is 0 Å². The van der Waals surface area contributed by atoms with Crippen LogP contribution in [0.1, 0.15) is 23.7 Å². The van der Waals surface area contributed by atoms with E-state index in [0.29, 0.717) is 19.6 Å². The van der Waals surface area contributed by atoms with Crippen molar-refractivity contribution in [1.29, 1.82) is 0 Å². The maximum Gasteiger partial charge on any atom is 0.257 e. The molecule has 6 heteroatoms. The molecule has 1 unspecified atom stereocenters. The van der Waals surface area contributed by atoms with E-state index >= 15 is 0 Å². The van der Waals surface area contributed by atoms with Crippen LogP contribution in [0.2, 0.25) is 0 Å². The summed E-state index contributed by atoms with van der Waals surface area (Å²) in [6.45, 7) is 2.66. The van der Waals surface area contributed by atoms with Gasteiger partial charge in [-0.3, -0.25) is 4.79 Å². The maximum atomic E-state index is 13.6. The van der Waals surface area contributed by atoms with Crippen molar-refractivity contribution in [3.05, 3.63) is 33.8 Å². The Morgan fingerprint density at radius 2 is 2.06 bits per heavy atom. The molecule has 0 radical (unpaired) electrons. The highest BCUT2D eigenvalue weighted by Gasteiger charge is 2.33. The number of carbonyl (C=O) groups is 1. The number of nitrogens with one attached hydrogen (secondary N) is 1. The Morgan fingerprint density at radius 3 is 2.56 bits per heavy atom. The lowest BCUT2D eigenvalue weighted by Crippen LogP contribution is -2.46. The molecule has 0 saturated carbocycles. The summed E-state index contributed by atoms with van der Waals surface area (Å²) in [6, 6.07) is 2.12.